The fraction of sp³-hybridized carbons (Fsp3) is 0.371. The van der Waals surface area contributed by atoms with E-state index in [1.165, 1.54) is 5.56 Å². The number of fused-ring (bicyclic) bond motifs is 1. The maximum Gasteiger partial charge on any atom is 0.127 e. The standard InChI is InChI=1S/C35H41NO5/c1-25-21-36-22-34(41-23-26-19-28-9-4-6-11-31(28)33(20-26)38-3)35(25)27-13-15-30(16-14-27)40-18-8-17-39-24-29-10-5-7-12-32(29)37-2/h4-7,9-16,19-20,25,34-36H,8,17-18,21-24H2,1-3H3/t25-,34+,35?/m1/s1. The van der Waals surface area contributed by atoms with Gasteiger partial charge in [-0.3, -0.25) is 0 Å². The van der Waals surface area contributed by atoms with Gasteiger partial charge in [-0.25, -0.2) is 0 Å². The third kappa shape index (κ3) is 7.39. The second kappa shape index (κ2) is 14.4. The molecular weight excluding hydrogens is 514 g/mol. The van der Waals surface area contributed by atoms with Crippen LogP contribution in [0.25, 0.3) is 10.8 Å². The van der Waals surface area contributed by atoms with Crippen LogP contribution in [0.4, 0.5) is 0 Å². The quantitative estimate of drug-likeness (QED) is 0.184. The topological polar surface area (TPSA) is 58.2 Å². The van der Waals surface area contributed by atoms with Crippen molar-refractivity contribution in [2.75, 3.05) is 40.5 Å². The van der Waals surface area contributed by atoms with Crippen molar-refractivity contribution in [3.8, 4) is 17.2 Å². The molecule has 0 spiro atoms. The minimum absolute atomic E-state index is 0.0726. The number of methoxy groups -OCH3 is 2. The van der Waals surface area contributed by atoms with E-state index in [1.54, 1.807) is 14.2 Å². The summed E-state index contributed by atoms with van der Waals surface area (Å²) >= 11 is 0. The van der Waals surface area contributed by atoms with E-state index in [0.717, 1.165) is 58.7 Å². The molecule has 0 bridgehead atoms. The van der Waals surface area contributed by atoms with Gasteiger partial charge >= 0.3 is 0 Å². The van der Waals surface area contributed by atoms with Crippen molar-refractivity contribution in [2.24, 2.45) is 5.92 Å². The first-order valence-corrected chi connectivity index (χ1v) is 14.5. The third-order valence-corrected chi connectivity index (χ3v) is 7.81. The van der Waals surface area contributed by atoms with Crippen LogP contribution in [-0.4, -0.2) is 46.6 Å². The Morgan fingerprint density at radius 2 is 1.56 bits per heavy atom. The molecule has 6 nitrogen and oxygen atoms in total. The molecule has 5 rings (SSSR count). The zero-order valence-corrected chi connectivity index (χ0v) is 24.3. The van der Waals surface area contributed by atoms with E-state index in [-0.39, 0.29) is 6.10 Å². The summed E-state index contributed by atoms with van der Waals surface area (Å²) in [4.78, 5) is 0. The lowest BCUT2D eigenvalue weighted by Gasteiger charge is -2.37. The minimum Gasteiger partial charge on any atom is -0.496 e. The molecule has 1 unspecified atom stereocenters. The van der Waals surface area contributed by atoms with Crippen LogP contribution in [0.5, 0.6) is 17.2 Å². The molecule has 0 aromatic heterocycles. The van der Waals surface area contributed by atoms with Gasteiger partial charge in [-0.15, -0.1) is 0 Å². The largest absolute Gasteiger partial charge is 0.496 e. The zero-order chi connectivity index (χ0) is 28.4. The number of piperidine rings is 1. The predicted molar refractivity (Wildman–Crippen MR) is 163 cm³/mol. The zero-order valence-electron chi connectivity index (χ0n) is 24.3. The van der Waals surface area contributed by atoms with Crippen molar-refractivity contribution in [3.05, 3.63) is 102 Å². The number of benzene rings is 4. The molecule has 1 heterocycles. The first kappa shape index (κ1) is 28.9. The Bertz CT molecular complexity index is 1390. The van der Waals surface area contributed by atoms with E-state index in [9.17, 15) is 0 Å². The van der Waals surface area contributed by atoms with Crippen molar-refractivity contribution in [1.82, 2.24) is 5.32 Å². The lowest BCUT2D eigenvalue weighted by molar-refractivity contribution is -0.00336. The van der Waals surface area contributed by atoms with E-state index in [0.29, 0.717) is 38.3 Å². The molecule has 3 atom stereocenters. The average Bonchev–Trinajstić information content (AvgIpc) is 3.02. The van der Waals surface area contributed by atoms with E-state index in [1.807, 2.05) is 30.3 Å². The molecule has 0 radical (unpaired) electrons. The SMILES string of the molecule is COc1ccccc1COCCCOc1ccc(C2[C@H](C)CNC[C@@H]2OCc2cc(OC)c3ccccc3c2)cc1. The lowest BCUT2D eigenvalue weighted by Crippen LogP contribution is -2.45. The van der Waals surface area contributed by atoms with Gasteiger partial charge in [0.15, 0.2) is 0 Å². The summed E-state index contributed by atoms with van der Waals surface area (Å²) in [7, 11) is 3.40. The summed E-state index contributed by atoms with van der Waals surface area (Å²) < 4.78 is 29.4. The molecule has 1 fully saturated rings. The molecule has 1 N–H and O–H groups in total. The number of nitrogens with one attached hydrogen (secondary N) is 1. The van der Waals surface area contributed by atoms with Gasteiger partial charge in [0.25, 0.3) is 0 Å². The molecule has 4 aromatic carbocycles. The second-order valence-corrected chi connectivity index (χ2v) is 10.7. The van der Waals surface area contributed by atoms with E-state index in [2.05, 4.69) is 66.8 Å². The van der Waals surface area contributed by atoms with Crippen molar-refractivity contribution in [1.29, 1.82) is 0 Å². The molecule has 0 aliphatic carbocycles. The van der Waals surface area contributed by atoms with Crippen LogP contribution in [0.2, 0.25) is 0 Å². The van der Waals surface area contributed by atoms with Crippen molar-refractivity contribution in [2.45, 2.75) is 38.6 Å². The van der Waals surface area contributed by atoms with E-state index < -0.39 is 0 Å². The lowest BCUT2D eigenvalue weighted by atomic mass is 9.80. The van der Waals surface area contributed by atoms with Crippen molar-refractivity contribution < 1.29 is 23.7 Å². The van der Waals surface area contributed by atoms with Gasteiger partial charge in [0, 0.05) is 29.8 Å². The van der Waals surface area contributed by atoms with Gasteiger partial charge in [0.05, 0.1) is 46.8 Å². The van der Waals surface area contributed by atoms with Crippen LogP contribution in [0.3, 0.4) is 0 Å². The van der Waals surface area contributed by atoms with Gasteiger partial charge in [0.2, 0.25) is 0 Å². The first-order valence-electron chi connectivity index (χ1n) is 14.5. The number of hydrogen-bond acceptors (Lipinski definition) is 6. The average molecular weight is 556 g/mol. The van der Waals surface area contributed by atoms with Gasteiger partial charge in [0.1, 0.15) is 17.2 Å². The first-order chi connectivity index (χ1) is 20.2. The third-order valence-electron chi connectivity index (χ3n) is 7.81. The van der Waals surface area contributed by atoms with E-state index in [4.69, 9.17) is 23.7 Å². The van der Waals surface area contributed by atoms with Gasteiger partial charge in [-0.05, 0) is 59.3 Å². The second-order valence-electron chi connectivity index (χ2n) is 10.7. The van der Waals surface area contributed by atoms with Crippen molar-refractivity contribution in [3.63, 3.8) is 0 Å². The highest BCUT2D eigenvalue weighted by Gasteiger charge is 2.32. The molecule has 6 heteroatoms. The van der Waals surface area contributed by atoms with Crippen molar-refractivity contribution >= 4 is 10.8 Å². The molecule has 0 amide bonds. The van der Waals surface area contributed by atoms with Crippen LogP contribution in [0.15, 0.2) is 84.9 Å². The Hall–Kier alpha value is -3.58. The molecule has 0 saturated carbocycles. The Balaban J connectivity index is 1.13. The molecule has 4 aromatic rings. The smallest absolute Gasteiger partial charge is 0.127 e. The molecular formula is C35H41NO5. The summed E-state index contributed by atoms with van der Waals surface area (Å²) in [5, 5.41) is 5.83. The summed E-state index contributed by atoms with van der Waals surface area (Å²) in [6.45, 7) is 6.40. The highest BCUT2D eigenvalue weighted by molar-refractivity contribution is 5.89. The molecule has 1 aliphatic rings. The maximum absolute atomic E-state index is 6.56. The van der Waals surface area contributed by atoms with Crippen LogP contribution in [0, 0.1) is 5.92 Å². The maximum atomic E-state index is 6.56. The van der Waals surface area contributed by atoms with Crippen LogP contribution >= 0.6 is 0 Å². The Morgan fingerprint density at radius 1 is 0.780 bits per heavy atom. The summed E-state index contributed by atoms with van der Waals surface area (Å²) in [6, 6.07) is 29.1. The minimum atomic E-state index is 0.0726. The summed E-state index contributed by atoms with van der Waals surface area (Å²) in [5.41, 5.74) is 3.46. The number of para-hydroxylation sites is 1. The predicted octanol–water partition coefficient (Wildman–Crippen LogP) is 6.75. The molecule has 216 valence electrons. The van der Waals surface area contributed by atoms with E-state index >= 15 is 0 Å². The Labute approximate surface area is 243 Å². The van der Waals surface area contributed by atoms with Crippen LogP contribution < -0.4 is 19.5 Å². The summed E-state index contributed by atoms with van der Waals surface area (Å²) in [6.07, 6.45) is 0.890. The normalized spacial score (nSPS) is 18.8. The fourth-order valence-electron chi connectivity index (χ4n) is 5.71. The van der Waals surface area contributed by atoms with Gasteiger partial charge in [-0.2, -0.15) is 0 Å². The number of rotatable bonds is 13. The molecule has 1 saturated heterocycles. The molecule has 41 heavy (non-hydrogen) atoms. The van der Waals surface area contributed by atoms with Gasteiger partial charge in [-0.1, -0.05) is 61.5 Å². The number of hydrogen-bond donors (Lipinski definition) is 1. The fourth-order valence-corrected chi connectivity index (χ4v) is 5.71. The van der Waals surface area contributed by atoms with Crippen LogP contribution in [0.1, 0.15) is 36.0 Å². The highest BCUT2D eigenvalue weighted by Crippen LogP contribution is 2.34. The highest BCUT2D eigenvalue weighted by atomic mass is 16.5. The van der Waals surface area contributed by atoms with Crippen LogP contribution in [-0.2, 0) is 22.7 Å². The van der Waals surface area contributed by atoms with Gasteiger partial charge < -0.3 is 29.0 Å². The Kier molecular flexibility index (Phi) is 10.1. The number of ether oxygens (including phenoxy) is 5. The Morgan fingerprint density at radius 3 is 2.39 bits per heavy atom. The monoisotopic (exact) mass is 555 g/mol. The molecule has 1 aliphatic heterocycles. The summed E-state index contributed by atoms with van der Waals surface area (Å²) in [5.74, 6) is 3.37.